The second-order valence-corrected chi connectivity index (χ2v) is 6.48. The van der Waals surface area contributed by atoms with Crippen LogP contribution in [-0.2, 0) is 4.79 Å². The first-order valence-corrected chi connectivity index (χ1v) is 7.79. The first-order chi connectivity index (χ1) is 9.85. The SMILES string of the molecule is CC(C)C[C@H](CN)CC(=O)N1CCN(C(=O)N(C)C)CC1. The molecule has 122 valence electrons. The van der Waals surface area contributed by atoms with Gasteiger partial charge in [-0.1, -0.05) is 13.8 Å². The Balaban J connectivity index is 2.42. The third-order valence-electron chi connectivity index (χ3n) is 3.89. The highest BCUT2D eigenvalue weighted by atomic mass is 16.2. The highest BCUT2D eigenvalue weighted by Crippen LogP contribution is 2.16. The van der Waals surface area contributed by atoms with E-state index in [1.54, 1.807) is 23.9 Å². The Hall–Kier alpha value is -1.30. The maximum atomic E-state index is 12.3. The summed E-state index contributed by atoms with van der Waals surface area (Å²) in [7, 11) is 3.50. The lowest BCUT2D eigenvalue weighted by atomic mass is 9.93. The van der Waals surface area contributed by atoms with Crippen molar-refractivity contribution >= 4 is 11.9 Å². The Labute approximate surface area is 128 Å². The van der Waals surface area contributed by atoms with Crippen molar-refractivity contribution < 1.29 is 9.59 Å². The average molecular weight is 298 g/mol. The number of amides is 3. The molecule has 21 heavy (non-hydrogen) atoms. The first-order valence-electron chi connectivity index (χ1n) is 7.79. The summed E-state index contributed by atoms with van der Waals surface area (Å²) >= 11 is 0. The molecule has 0 aromatic rings. The molecule has 6 nitrogen and oxygen atoms in total. The number of hydrogen-bond acceptors (Lipinski definition) is 3. The highest BCUT2D eigenvalue weighted by molar-refractivity contribution is 5.77. The lowest BCUT2D eigenvalue weighted by molar-refractivity contribution is -0.133. The third-order valence-corrected chi connectivity index (χ3v) is 3.89. The van der Waals surface area contributed by atoms with Crippen LogP contribution in [0.1, 0.15) is 26.7 Å². The predicted molar refractivity (Wildman–Crippen MR) is 83.9 cm³/mol. The predicted octanol–water partition coefficient (Wildman–Crippen LogP) is 0.823. The van der Waals surface area contributed by atoms with Crippen molar-refractivity contribution in [3.63, 3.8) is 0 Å². The summed E-state index contributed by atoms with van der Waals surface area (Å²) in [5, 5.41) is 0. The molecular weight excluding hydrogens is 268 g/mol. The fraction of sp³-hybridized carbons (Fsp3) is 0.867. The van der Waals surface area contributed by atoms with Crippen LogP contribution < -0.4 is 5.73 Å². The topological polar surface area (TPSA) is 69.9 Å². The van der Waals surface area contributed by atoms with Crippen LogP contribution in [0.25, 0.3) is 0 Å². The van der Waals surface area contributed by atoms with Gasteiger partial charge in [-0.3, -0.25) is 4.79 Å². The minimum atomic E-state index is 0.0155. The number of carbonyl (C=O) groups excluding carboxylic acids is 2. The van der Waals surface area contributed by atoms with Crippen LogP contribution in [0, 0.1) is 11.8 Å². The minimum absolute atomic E-state index is 0.0155. The zero-order valence-electron chi connectivity index (χ0n) is 13.8. The molecule has 2 N–H and O–H groups in total. The van der Waals surface area contributed by atoms with Gasteiger partial charge in [-0.2, -0.15) is 0 Å². The summed E-state index contributed by atoms with van der Waals surface area (Å²) in [6.07, 6.45) is 1.51. The number of piperazine rings is 1. The van der Waals surface area contributed by atoms with Crippen LogP contribution in [0.5, 0.6) is 0 Å². The van der Waals surface area contributed by atoms with Gasteiger partial charge < -0.3 is 20.4 Å². The Bertz CT molecular complexity index is 350. The second-order valence-electron chi connectivity index (χ2n) is 6.48. The van der Waals surface area contributed by atoms with Crippen molar-refractivity contribution in [3.8, 4) is 0 Å². The number of nitrogens with zero attached hydrogens (tertiary/aromatic N) is 3. The second kappa shape index (κ2) is 8.22. The van der Waals surface area contributed by atoms with Crippen LogP contribution in [0.4, 0.5) is 4.79 Å². The molecule has 1 fully saturated rings. The number of nitrogens with two attached hydrogens (primary N) is 1. The van der Waals surface area contributed by atoms with Gasteiger partial charge in [-0.25, -0.2) is 4.79 Å². The fourth-order valence-electron chi connectivity index (χ4n) is 2.74. The highest BCUT2D eigenvalue weighted by Gasteiger charge is 2.26. The number of hydrogen-bond donors (Lipinski definition) is 1. The average Bonchev–Trinajstić information content (AvgIpc) is 2.45. The minimum Gasteiger partial charge on any atom is -0.339 e. The quantitative estimate of drug-likeness (QED) is 0.817. The monoisotopic (exact) mass is 298 g/mol. The smallest absolute Gasteiger partial charge is 0.319 e. The van der Waals surface area contributed by atoms with E-state index in [0.717, 1.165) is 6.42 Å². The lowest BCUT2D eigenvalue weighted by Crippen LogP contribution is -2.53. The molecule has 0 saturated carbocycles. The van der Waals surface area contributed by atoms with E-state index in [1.807, 2.05) is 4.90 Å². The van der Waals surface area contributed by atoms with Gasteiger partial charge in [0, 0.05) is 46.7 Å². The van der Waals surface area contributed by atoms with E-state index in [0.29, 0.717) is 45.1 Å². The number of carbonyl (C=O) groups is 2. The molecule has 0 spiro atoms. The molecule has 6 heteroatoms. The molecule has 0 aliphatic carbocycles. The molecule has 1 atom stereocenters. The largest absolute Gasteiger partial charge is 0.339 e. The number of urea groups is 1. The van der Waals surface area contributed by atoms with Gasteiger partial charge in [0.25, 0.3) is 0 Å². The molecule has 1 heterocycles. The van der Waals surface area contributed by atoms with Gasteiger partial charge in [0.2, 0.25) is 5.91 Å². The zero-order chi connectivity index (χ0) is 16.0. The molecule has 0 unspecified atom stereocenters. The van der Waals surface area contributed by atoms with E-state index in [4.69, 9.17) is 5.73 Å². The summed E-state index contributed by atoms with van der Waals surface area (Å²) in [4.78, 5) is 29.4. The van der Waals surface area contributed by atoms with Crippen molar-refractivity contribution in [2.24, 2.45) is 17.6 Å². The molecular formula is C15H30N4O2. The standard InChI is InChI=1S/C15H30N4O2/c1-12(2)9-13(11-16)10-14(20)18-5-7-19(8-6-18)15(21)17(3)4/h12-13H,5-11,16H2,1-4H3/t13-/m0/s1. The zero-order valence-corrected chi connectivity index (χ0v) is 13.8. The maximum absolute atomic E-state index is 12.3. The van der Waals surface area contributed by atoms with Crippen molar-refractivity contribution in [3.05, 3.63) is 0 Å². The Kier molecular flexibility index (Phi) is 6.95. The Morgan fingerprint density at radius 3 is 2.05 bits per heavy atom. The first kappa shape index (κ1) is 17.8. The van der Waals surface area contributed by atoms with Crippen molar-refractivity contribution in [2.75, 3.05) is 46.8 Å². The molecule has 1 aliphatic rings. The van der Waals surface area contributed by atoms with Crippen LogP contribution in [-0.4, -0.2) is 73.5 Å². The molecule has 3 amide bonds. The van der Waals surface area contributed by atoms with Crippen LogP contribution in [0.2, 0.25) is 0 Å². The number of rotatable bonds is 5. The third kappa shape index (κ3) is 5.53. The van der Waals surface area contributed by atoms with Crippen LogP contribution in [0.3, 0.4) is 0 Å². The maximum Gasteiger partial charge on any atom is 0.319 e. The Morgan fingerprint density at radius 1 is 1.10 bits per heavy atom. The molecule has 0 aromatic heterocycles. The van der Waals surface area contributed by atoms with Crippen LogP contribution >= 0.6 is 0 Å². The van der Waals surface area contributed by atoms with E-state index < -0.39 is 0 Å². The van der Waals surface area contributed by atoms with Gasteiger partial charge in [-0.15, -0.1) is 0 Å². The molecule has 0 aromatic carbocycles. The summed E-state index contributed by atoms with van der Waals surface area (Å²) < 4.78 is 0. The van der Waals surface area contributed by atoms with Gasteiger partial charge in [0.15, 0.2) is 0 Å². The lowest BCUT2D eigenvalue weighted by Gasteiger charge is -2.36. The normalized spacial score (nSPS) is 17.0. The van der Waals surface area contributed by atoms with E-state index in [1.165, 1.54) is 0 Å². The van der Waals surface area contributed by atoms with Crippen LogP contribution in [0.15, 0.2) is 0 Å². The van der Waals surface area contributed by atoms with E-state index >= 15 is 0 Å². The van der Waals surface area contributed by atoms with Gasteiger partial charge in [0.05, 0.1) is 0 Å². The van der Waals surface area contributed by atoms with Gasteiger partial charge in [0.1, 0.15) is 0 Å². The van der Waals surface area contributed by atoms with E-state index in [-0.39, 0.29) is 17.9 Å². The summed E-state index contributed by atoms with van der Waals surface area (Å²) in [6.45, 7) is 7.33. The van der Waals surface area contributed by atoms with E-state index in [2.05, 4.69) is 13.8 Å². The molecule has 1 saturated heterocycles. The van der Waals surface area contributed by atoms with Crippen molar-refractivity contribution in [1.29, 1.82) is 0 Å². The molecule has 1 rings (SSSR count). The van der Waals surface area contributed by atoms with E-state index in [9.17, 15) is 9.59 Å². The molecule has 0 bridgehead atoms. The molecule has 1 aliphatic heterocycles. The van der Waals surface area contributed by atoms with Crippen molar-refractivity contribution in [2.45, 2.75) is 26.7 Å². The van der Waals surface area contributed by atoms with Crippen molar-refractivity contribution in [1.82, 2.24) is 14.7 Å². The summed E-state index contributed by atoms with van der Waals surface area (Å²) in [5.41, 5.74) is 5.76. The summed E-state index contributed by atoms with van der Waals surface area (Å²) in [6, 6.07) is 0.0155. The molecule has 0 radical (unpaired) electrons. The fourth-order valence-corrected chi connectivity index (χ4v) is 2.74. The van der Waals surface area contributed by atoms with Gasteiger partial charge in [-0.05, 0) is 24.8 Å². The Morgan fingerprint density at radius 2 is 1.62 bits per heavy atom. The van der Waals surface area contributed by atoms with Gasteiger partial charge >= 0.3 is 6.03 Å². The summed E-state index contributed by atoms with van der Waals surface area (Å²) in [5.74, 6) is 0.989.